The van der Waals surface area contributed by atoms with Crippen molar-refractivity contribution in [2.45, 2.75) is 31.4 Å². The maximum Gasteiger partial charge on any atom is 0.323 e. The molecule has 1 heterocycles. The fourth-order valence-corrected chi connectivity index (χ4v) is 1.98. The molecular weight excluding hydrogens is 230 g/mol. The second kappa shape index (κ2) is 7.84. The quantitative estimate of drug-likeness (QED) is 0.678. The van der Waals surface area contributed by atoms with Crippen LogP contribution in [-0.4, -0.2) is 36.4 Å². The molecule has 0 spiro atoms. The molecule has 0 aromatic heterocycles. The van der Waals surface area contributed by atoms with Crippen LogP contribution in [0.4, 0.5) is 0 Å². The average molecular weight is 251 g/mol. The average Bonchev–Trinajstić information content (AvgIpc) is 2.38. The second-order valence-electron chi connectivity index (χ2n) is 4.28. The zero-order valence-corrected chi connectivity index (χ0v) is 10.6. The summed E-state index contributed by atoms with van der Waals surface area (Å²) in [4.78, 5) is 11.2. The van der Waals surface area contributed by atoms with Crippen LogP contribution in [0.2, 0.25) is 0 Å². The molecule has 4 heteroatoms. The van der Waals surface area contributed by atoms with Crippen molar-refractivity contribution >= 4 is 5.97 Å². The number of ether oxygens (including phenoxy) is 1. The molecule has 0 aromatic rings. The van der Waals surface area contributed by atoms with Gasteiger partial charge >= 0.3 is 5.97 Å². The Kier molecular flexibility index (Phi) is 6.39. The molecular formula is C14H21NO3. The van der Waals surface area contributed by atoms with Crippen LogP contribution in [0.5, 0.6) is 0 Å². The van der Waals surface area contributed by atoms with E-state index in [2.05, 4.69) is 18.5 Å². The first kappa shape index (κ1) is 14.7. The van der Waals surface area contributed by atoms with E-state index in [0.29, 0.717) is 13.2 Å². The first-order valence-corrected chi connectivity index (χ1v) is 6.21. The van der Waals surface area contributed by atoms with E-state index in [1.54, 1.807) is 18.2 Å². The number of allylic oxidation sites excluding steroid dienone is 2. The maximum atomic E-state index is 11.2. The molecule has 0 aromatic carbocycles. The van der Waals surface area contributed by atoms with Gasteiger partial charge < -0.3 is 9.84 Å². The number of rotatable bonds is 7. The maximum absolute atomic E-state index is 11.2. The Hall–Kier alpha value is -1.39. The Balaban J connectivity index is 2.57. The Labute approximate surface area is 108 Å². The lowest BCUT2D eigenvalue weighted by atomic mass is 10.0. The molecule has 0 radical (unpaired) electrons. The van der Waals surface area contributed by atoms with E-state index < -0.39 is 12.0 Å². The number of hydrogen-bond acceptors (Lipinski definition) is 3. The van der Waals surface area contributed by atoms with Crippen LogP contribution < -0.4 is 5.32 Å². The highest BCUT2D eigenvalue weighted by Crippen LogP contribution is 2.16. The molecule has 0 bridgehead atoms. The molecule has 1 saturated heterocycles. The Morgan fingerprint density at radius 2 is 2.28 bits per heavy atom. The van der Waals surface area contributed by atoms with E-state index in [1.165, 1.54) is 0 Å². The van der Waals surface area contributed by atoms with Crippen molar-refractivity contribution < 1.29 is 14.6 Å². The fraction of sp³-hybridized carbons (Fsp3) is 0.500. The van der Waals surface area contributed by atoms with Gasteiger partial charge in [-0.25, -0.2) is 0 Å². The van der Waals surface area contributed by atoms with Crippen molar-refractivity contribution in [3.05, 3.63) is 37.0 Å². The highest BCUT2D eigenvalue weighted by molar-refractivity contribution is 5.74. The molecule has 18 heavy (non-hydrogen) atoms. The van der Waals surface area contributed by atoms with Crippen LogP contribution >= 0.6 is 0 Å². The first-order chi connectivity index (χ1) is 8.69. The van der Waals surface area contributed by atoms with E-state index in [4.69, 9.17) is 4.74 Å². The molecule has 0 saturated carbocycles. The summed E-state index contributed by atoms with van der Waals surface area (Å²) < 4.78 is 5.52. The lowest BCUT2D eigenvalue weighted by Crippen LogP contribution is -2.48. The summed E-state index contributed by atoms with van der Waals surface area (Å²) in [5.74, 6) is -0.871. The molecule has 1 aliphatic heterocycles. The van der Waals surface area contributed by atoms with Crippen molar-refractivity contribution in [2.75, 3.05) is 13.2 Å². The smallest absolute Gasteiger partial charge is 0.323 e. The van der Waals surface area contributed by atoms with Crippen molar-refractivity contribution in [1.29, 1.82) is 0 Å². The van der Waals surface area contributed by atoms with Crippen molar-refractivity contribution in [1.82, 2.24) is 5.32 Å². The predicted octanol–water partition coefficient (Wildman–Crippen LogP) is 1.90. The van der Waals surface area contributed by atoms with Crippen LogP contribution in [0.15, 0.2) is 37.0 Å². The van der Waals surface area contributed by atoms with Crippen molar-refractivity contribution in [3.8, 4) is 0 Å². The predicted molar refractivity (Wildman–Crippen MR) is 71.5 cm³/mol. The minimum Gasteiger partial charge on any atom is -0.480 e. The minimum absolute atomic E-state index is 0.244. The third kappa shape index (κ3) is 4.47. The summed E-state index contributed by atoms with van der Waals surface area (Å²) in [6, 6.07) is -0.668. The van der Waals surface area contributed by atoms with Gasteiger partial charge in [0.05, 0.1) is 6.10 Å². The van der Waals surface area contributed by atoms with Gasteiger partial charge in [-0.15, -0.1) is 0 Å². The number of nitrogens with one attached hydrogen (secondary N) is 1. The van der Waals surface area contributed by atoms with Gasteiger partial charge in [0.1, 0.15) is 6.04 Å². The SMILES string of the molecule is C=C/C=C(\C=C)CNC(C(=O)O)C1CCCCO1. The molecule has 100 valence electrons. The number of carbonyl (C=O) groups is 1. The van der Waals surface area contributed by atoms with Crippen LogP contribution in [0.3, 0.4) is 0 Å². The van der Waals surface area contributed by atoms with Crippen LogP contribution in [0.1, 0.15) is 19.3 Å². The summed E-state index contributed by atoms with van der Waals surface area (Å²) in [5, 5.41) is 12.2. The summed E-state index contributed by atoms with van der Waals surface area (Å²) >= 11 is 0. The van der Waals surface area contributed by atoms with Gasteiger partial charge in [0, 0.05) is 13.2 Å². The number of carboxylic acids is 1. The Morgan fingerprint density at radius 3 is 2.78 bits per heavy atom. The Bertz CT molecular complexity index is 330. The minimum atomic E-state index is -0.871. The Morgan fingerprint density at radius 1 is 1.50 bits per heavy atom. The first-order valence-electron chi connectivity index (χ1n) is 6.21. The van der Waals surface area contributed by atoms with Crippen molar-refractivity contribution in [2.24, 2.45) is 0 Å². The molecule has 1 aliphatic rings. The summed E-state index contributed by atoms with van der Waals surface area (Å²) in [5.41, 5.74) is 0.909. The zero-order valence-electron chi connectivity index (χ0n) is 10.6. The molecule has 2 N–H and O–H groups in total. The van der Waals surface area contributed by atoms with E-state index in [0.717, 1.165) is 24.8 Å². The number of hydrogen-bond donors (Lipinski definition) is 2. The van der Waals surface area contributed by atoms with Crippen LogP contribution in [0, 0.1) is 0 Å². The van der Waals surface area contributed by atoms with E-state index in [9.17, 15) is 9.90 Å². The standard InChI is InChI=1S/C14H21NO3/c1-3-7-11(4-2)10-15-13(14(16)17)12-8-5-6-9-18-12/h3-4,7,12-13,15H,1-2,5-6,8-10H2,(H,16,17)/b11-7+. The van der Waals surface area contributed by atoms with Crippen LogP contribution in [-0.2, 0) is 9.53 Å². The van der Waals surface area contributed by atoms with E-state index in [-0.39, 0.29) is 6.10 Å². The number of aliphatic carboxylic acids is 1. The van der Waals surface area contributed by atoms with E-state index in [1.807, 2.05) is 0 Å². The highest BCUT2D eigenvalue weighted by Gasteiger charge is 2.29. The number of carboxylic acid groups (broad SMARTS) is 1. The van der Waals surface area contributed by atoms with Gasteiger partial charge in [-0.2, -0.15) is 0 Å². The molecule has 1 rings (SSSR count). The van der Waals surface area contributed by atoms with Gasteiger partial charge in [0.2, 0.25) is 0 Å². The topological polar surface area (TPSA) is 58.6 Å². The molecule has 2 unspecified atom stereocenters. The normalized spacial score (nSPS) is 22.2. The molecule has 2 atom stereocenters. The van der Waals surface area contributed by atoms with Gasteiger partial charge in [0.15, 0.2) is 0 Å². The van der Waals surface area contributed by atoms with E-state index >= 15 is 0 Å². The molecule has 4 nitrogen and oxygen atoms in total. The van der Waals surface area contributed by atoms with Gasteiger partial charge in [0.25, 0.3) is 0 Å². The summed E-state index contributed by atoms with van der Waals surface area (Å²) in [7, 11) is 0. The molecule has 0 aliphatic carbocycles. The van der Waals surface area contributed by atoms with Crippen LogP contribution in [0.25, 0.3) is 0 Å². The van der Waals surface area contributed by atoms with Gasteiger partial charge in [-0.05, 0) is 24.8 Å². The van der Waals surface area contributed by atoms with Gasteiger partial charge in [-0.3, -0.25) is 10.1 Å². The second-order valence-corrected chi connectivity index (χ2v) is 4.28. The summed E-state index contributed by atoms with van der Waals surface area (Å²) in [6.07, 6.45) is 7.73. The highest BCUT2D eigenvalue weighted by atomic mass is 16.5. The zero-order chi connectivity index (χ0) is 13.4. The van der Waals surface area contributed by atoms with Crippen molar-refractivity contribution in [3.63, 3.8) is 0 Å². The summed E-state index contributed by atoms with van der Waals surface area (Å²) in [6.45, 7) is 8.38. The molecule has 0 amide bonds. The third-order valence-corrected chi connectivity index (χ3v) is 2.97. The lowest BCUT2D eigenvalue weighted by molar-refractivity contribution is -0.145. The fourth-order valence-electron chi connectivity index (χ4n) is 1.98. The largest absolute Gasteiger partial charge is 0.480 e. The van der Waals surface area contributed by atoms with Gasteiger partial charge in [-0.1, -0.05) is 31.4 Å². The molecule has 1 fully saturated rings. The monoisotopic (exact) mass is 251 g/mol. The third-order valence-electron chi connectivity index (χ3n) is 2.97. The lowest BCUT2D eigenvalue weighted by Gasteiger charge is -2.28.